The van der Waals surface area contributed by atoms with E-state index >= 15 is 0 Å². The maximum absolute atomic E-state index is 4.00. The number of allylic oxidation sites excluding steroid dienone is 1. The van der Waals surface area contributed by atoms with E-state index in [1.165, 1.54) is 72.7 Å². The number of aryl methyl sites for hydroxylation is 2. The van der Waals surface area contributed by atoms with Gasteiger partial charge < -0.3 is 4.98 Å². The molecule has 0 spiro atoms. The zero-order valence-corrected chi connectivity index (χ0v) is 19.9. The summed E-state index contributed by atoms with van der Waals surface area (Å²) in [6.45, 7) is 22.9. The van der Waals surface area contributed by atoms with Crippen molar-refractivity contribution < 1.29 is 0 Å². The molecule has 0 bridgehead atoms. The summed E-state index contributed by atoms with van der Waals surface area (Å²) < 4.78 is 0. The van der Waals surface area contributed by atoms with Gasteiger partial charge in [-0.05, 0) is 49.4 Å². The molecule has 1 aliphatic rings. The third-order valence-corrected chi connectivity index (χ3v) is 3.84. The highest BCUT2D eigenvalue weighted by atomic mass is 14.7. The molecule has 156 valence electrons. The van der Waals surface area contributed by atoms with Crippen LogP contribution in [0.2, 0.25) is 0 Å². The number of H-pyrrole nitrogens is 1. The summed E-state index contributed by atoms with van der Waals surface area (Å²) in [5.41, 5.74) is 6.67. The maximum Gasteiger partial charge on any atom is 0.0459 e. The summed E-state index contributed by atoms with van der Waals surface area (Å²) in [4.78, 5) is 3.51. The Morgan fingerprint density at radius 2 is 1.44 bits per heavy atom. The smallest absolute Gasteiger partial charge is 0.0459 e. The van der Waals surface area contributed by atoms with Gasteiger partial charge in [-0.25, -0.2) is 0 Å². The first-order chi connectivity index (χ1) is 13.0. The van der Waals surface area contributed by atoms with Crippen LogP contribution in [-0.2, 0) is 12.8 Å². The summed E-state index contributed by atoms with van der Waals surface area (Å²) >= 11 is 0. The number of rotatable bonds is 2. The molecule has 1 aliphatic carbocycles. The molecule has 3 rings (SSSR count). The highest BCUT2D eigenvalue weighted by Gasteiger charge is 2.16. The van der Waals surface area contributed by atoms with Crippen molar-refractivity contribution >= 4 is 16.5 Å². The number of unbranched alkanes of at least 4 members (excludes halogenated alkanes) is 1. The lowest BCUT2D eigenvalue weighted by Gasteiger charge is -2.00. The molecular weight excluding hydrogens is 326 g/mol. The van der Waals surface area contributed by atoms with E-state index in [1.54, 1.807) is 0 Å². The highest BCUT2D eigenvalue weighted by Crippen LogP contribution is 2.31. The number of fused-ring (bicyclic) bond motifs is 3. The Kier molecular flexibility index (Phi) is 18.4. The Morgan fingerprint density at radius 1 is 0.926 bits per heavy atom. The molecule has 1 aromatic heterocycles. The average molecular weight is 374 g/mol. The zero-order chi connectivity index (χ0) is 21.2. The molecule has 0 amide bonds. The first-order valence-electron chi connectivity index (χ1n) is 11.3. The van der Waals surface area contributed by atoms with Crippen LogP contribution in [0.3, 0.4) is 0 Å². The molecule has 0 radical (unpaired) electrons. The largest absolute Gasteiger partial charge is 0.358 e. The van der Waals surface area contributed by atoms with Crippen molar-refractivity contribution in [3.63, 3.8) is 0 Å². The minimum Gasteiger partial charge on any atom is -0.358 e. The third-order valence-electron chi connectivity index (χ3n) is 3.84. The summed E-state index contributed by atoms with van der Waals surface area (Å²) in [5.74, 6) is 0. The minimum atomic E-state index is 1.14. The number of nitrogens with one attached hydrogen (secondary N) is 1. The Labute approximate surface area is 170 Å². The Hall–Kier alpha value is -1.50. The van der Waals surface area contributed by atoms with Crippen molar-refractivity contribution in [1.29, 1.82) is 0 Å². The fraction of sp³-hybridized carbons (Fsp3) is 0.615. The molecule has 1 aromatic carbocycles. The summed E-state index contributed by atoms with van der Waals surface area (Å²) in [6.07, 6.45) is 8.88. The van der Waals surface area contributed by atoms with Gasteiger partial charge in [0.15, 0.2) is 0 Å². The predicted molar refractivity (Wildman–Crippen MR) is 129 cm³/mol. The zero-order valence-electron chi connectivity index (χ0n) is 19.9. The number of hydrogen-bond acceptors (Lipinski definition) is 0. The van der Waals surface area contributed by atoms with E-state index in [-0.39, 0.29) is 0 Å². The average Bonchev–Trinajstić information content (AvgIpc) is 3.25. The SMILES string of the molecule is C=C(C)c1ccc2[nH]c3c(c2c1)CCC3.CC.CCC.CCC.CCCC. The first kappa shape index (κ1) is 27.7. The number of benzene rings is 1. The molecule has 0 fully saturated rings. The molecule has 0 aliphatic heterocycles. The molecule has 1 heteroatoms. The molecule has 0 saturated carbocycles. The van der Waals surface area contributed by atoms with Crippen LogP contribution in [0.1, 0.15) is 111 Å². The normalized spacial score (nSPS) is 10.7. The van der Waals surface area contributed by atoms with Gasteiger partial charge >= 0.3 is 0 Å². The van der Waals surface area contributed by atoms with E-state index in [0.717, 1.165) is 5.57 Å². The molecule has 0 atom stereocenters. The van der Waals surface area contributed by atoms with Gasteiger partial charge in [0.25, 0.3) is 0 Å². The van der Waals surface area contributed by atoms with Crippen molar-refractivity contribution in [2.24, 2.45) is 0 Å². The monoisotopic (exact) mass is 373 g/mol. The molecular formula is C26H47N. The van der Waals surface area contributed by atoms with Crippen molar-refractivity contribution in [3.05, 3.63) is 41.6 Å². The molecule has 1 N–H and O–H groups in total. The van der Waals surface area contributed by atoms with Gasteiger partial charge in [-0.2, -0.15) is 0 Å². The van der Waals surface area contributed by atoms with Crippen LogP contribution >= 0.6 is 0 Å². The number of aromatic amines is 1. The fourth-order valence-corrected chi connectivity index (χ4v) is 2.51. The summed E-state index contributed by atoms with van der Waals surface area (Å²) in [7, 11) is 0. The molecule has 1 heterocycles. The van der Waals surface area contributed by atoms with Gasteiger partial charge in [-0.15, -0.1) is 0 Å². The quantitative estimate of drug-likeness (QED) is 0.539. The van der Waals surface area contributed by atoms with Crippen molar-refractivity contribution in [2.45, 2.75) is 107 Å². The maximum atomic E-state index is 4.00. The van der Waals surface area contributed by atoms with Crippen LogP contribution in [0.4, 0.5) is 0 Å². The molecule has 0 unspecified atom stereocenters. The lowest BCUT2D eigenvalue weighted by Crippen LogP contribution is -1.80. The van der Waals surface area contributed by atoms with Gasteiger partial charge in [0.1, 0.15) is 0 Å². The van der Waals surface area contributed by atoms with Gasteiger partial charge in [-0.1, -0.05) is 99.3 Å². The lowest BCUT2D eigenvalue weighted by atomic mass is 10.0. The van der Waals surface area contributed by atoms with Crippen molar-refractivity contribution in [3.8, 4) is 0 Å². The fourth-order valence-electron chi connectivity index (χ4n) is 2.51. The molecule has 0 saturated heterocycles. The van der Waals surface area contributed by atoms with Crippen LogP contribution in [0.25, 0.3) is 16.5 Å². The molecule has 2 aromatic rings. The molecule has 1 nitrogen and oxygen atoms in total. The Morgan fingerprint density at radius 3 is 1.89 bits per heavy atom. The van der Waals surface area contributed by atoms with E-state index in [9.17, 15) is 0 Å². The van der Waals surface area contributed by atoms with Crippen LogP contribution in [0, 0.1) is 0 Å². The van der Waals surface area contributed by atoms with E-state index in [0.29, 0.717) is 0 Å². The van der Waals surface area contributed by atoms with E-state index in [2.05, 4.69) is 78.2 Å². The van der Waals surface area contributed by atoms with E-state index in [1.807, 2.05) is 13.8 Å². The third kappa shape index (κ3) is 10.4. The van der Waals surface area contributed by atoms with Gasteiger partial charge in [0.05, 0.1) is 0 Å². The lowest BCUT2D eigenvalue weighted by molar-refractivity contribution is 0.886. The van der Waals surface area contributed by atoms with Crippen LogP contribution < -0.4 is 0 Å². The second kappa shape index (κ2) is 17.9. The van der Waals surface area contributed by atoms with Crippen LogP contribution in [0.5, 0.6) is 0 Å². The van der Waals surface area contributed by atoms with Crippen LogP contribution in [-0.4, -0.2) is 4.98 Å². The number of hydrogen-bond donors (Lipinski definition) is 1. The van der Waals surface area contributed by atoms with Gasteiger partial charge in [0, 0.05) is 16.6 Å². The van der Waals surface area contributed by atoms with Crippen molar-refractivity contribution in [2.75, 3.05) is 0 Å². The minimum absolute atomic E-state index is 1.14. The summed E-state index contributed by atoms with van der Waals surface area (Å²) in [6, 6.07) is 6.60. The van der Waals surface area contributed by atoms with Crippen LogP contribution in [0.15, 0.2) is 24.8 Å². The van der Waals surface area contributed by atoms with E-state index in [4.69, 9.17) is 0 Å². The topological polar surface area (TPSA) is 15.8 Å². The molecule has 27 heavy (non-hydrogen) atoms. The summed E-state index contributed by atoms with van der Waals surface area (Å²) in [5, 5.41) is 1.41. The second-order valence-corrected chi connectivity index (χ2v) is 6.89. The highest BCUT2D eigenvalue weighted by molar-refractivity contribution is 5.88. The Balaban J connectivity index is 0. The predicted octanol–water partition coefficient (Wildman–Crippen LogP) is 9.35. The van der Waals surface area contributed by atoms with Crippen molar-refractivity contribution in [1.82, 2.24) is 4.98 Å². The Bertz CT molecular complexity index is 600. The standard InChI is InChI=1S/C14H15N.C4H10.2C3H8.C2H6/c1-9(2)10-6-7-14-12(8-10)11-4-3-5-13(11)15-14;1-3-4-2;2*1-3-2;1-2/h6-8,15H,1,3-5H2,2H3;3-4H2,1-2H3;2*3H2,1-2H3;1-2H3. The van der Waals surface area contributed by atoms with Gasteiger partial charge in [-0.3, -0.25) is 0 Å². The second-order valence-electron chi connectivity index (χ2n) is 6.89. The van der Waals surface area contributed by atoms with E-state index < -0.39 is 0 Å². The number of aromatic nitrogens is 1. The van der Waals surface area contributed by atoms with Gasteiger partial charge in [0.2, 0.25) is 0 Å². The first-order valence-corrected chi connectivity index (χ1v) is 11.3.